The molecule has 0 aliphatic heterocycles. The molecule has 2 rings (SSSR count). The van der Waals surface area contributed by atoms with Gasteiger partial charge < -0.3 is 9.72 Å². The Morgan fingerprint density at radius 3 is 2.62 bits per heavy atom. The van der Waals surface area contributed by atoms with Gasteiger partial charge in [-0.05, 0) is 36.8 Å². The second kappa shape index (κ2) is 6.40. The molecule has 1 aromatic heterocycles. The van der Waals surface area contributed by atoms with Gasteiger partial charge >= 0.3 is 0 Å². The van der Waals surface area contributed by atoms with Gasteiger partial charge in [-0.1, -0.05) is 6.92 Å². The zero-order chi connectivity index (χ0) is 15.2. The quantitative estimate of drug-likeness (QED) is 0.931. The molecular formula is C16H13N3O2. The Labute approximate surface area is 122 Å². The van der Waals surface area contributed by atoms with E-state index >= 15 is 0 Å². The van der Waals surface area contributed by atoms with Crippen molar-refractivity contribution in [2.24, 2.45) is 0 Å². The molecule has 0 bridgehead atoms. The third-order valence-electron chi connectivity index (χ3n) is 2.89. The number of hydrogen-bond acceptors (Lipinski definition) is 4. The molecule has 0 amide bonds. The van der Waals surface area contributed by atoms with Crippen molar-refractivity contribution < 1.29 is 4.74 Å². The fourth-order valence-electron chi connectivity index (χ4n) is 1.87. The van der Waals surface area contributed by atoms with Gasteiger partial charge in [-0.15, -0.1) is 0 Å². The topological polar surface area (TPSA) is 89.7 Å². The summed E-state index contributed by atoms with van der Waals surface area (Å²) in [6, 6.07) is 12.0. The molecule has 0 aliphatic rings. The van der Waals surface area contributed by atoms with Crippen LogP contribution in [-0.4, -0.2) is 11.6 Å². The SMILES string of the molecule is CCCOc1ccc(C#N)cc1-c1ccc(C#N)c(=O)[nH]1. The smallest absolute Gasteiger partial charge is 0.266 e. The number of benzene rings is 1. The average molecular weight is 279 g/mol. The Morgan fingerprint density at radius 2 is 2.00 bits per heavy atom. The minimum absolute atomic E-state index is 0.0474. The van der Waals surface area contributed by atoms with Crippen LogP contribution in [0.3, 0.4) is 0 Å². The van der Waals surface area contributed by atoms with Crippen molar-refractivity contribution in [3.63, 3.8) is 0 Å². The van der Waals surface area contributed by atoms with Crippen LogP contribution >= 0.6 is 0 Å². The zero-order valence-corrected chi connectivity index (χ0v) is 11.5. The van der Waals surface area contributed by atoms with Crippen molar-refractivity contribution >= 4 is 0 Å². The first-order valence-corrected chi connectivity index (χ1v) is 6.50. The zero-order valence-electron chi connectivity index (χ0n) is 11.5. The monoisotopic (exact) mass is 279 g/mol. The second-order valence-electron chi connectivity index (χ2n) is 4.40. The van der Waals surface area contributed by atoms with Gasteiger partial charge in [-0.3, -0.25) is 4.79 Å². The Morgan fingerprint density at radius 1 is 1.19 bits per heavy atom. The Balaban J connectivity index is 2.55. The lowest BCUT2D eigenvalue weighted by Crippen LogP contribution is -2.10. The molecule has 2 aromatic rings. The van der Waals surface area contributed by atoms with E-state index in [0.717, 1.165) is 6.42 Å². The lowest BCUT2D eigenvalue weighted by molar-refractivity contribution is 0.318. The van der Waals surface area contributed by atoms with Gasteiger partial charge in [0.05, 0.1) is 23.9 Å². The first-order valence-electron chi connectivity index (χ1n) is 6.50. The maximum Gasteiger partial charge on any atom is 0.266 e. The molecule has 21 heavy (non-hydrogen) atoms. The van der Waals surface area contributed by atoms with Crippen LogP contribution in [0, 0.1) is 22.7 Å². The van der Waals surface area contributed by atoms with E-state index in [1.807, 2.05) is 13.0 Å². The number of aromatic nitrogens is 1. The van der Waals surface area contributed by atoms with Crippen LogP contribution in [0.15, 0.2) is 35.1 Å². The number of hydrogen-bond donors (Lipinski definition) is 1. The van der Waals surface area contributed by atoms with Gasteiger partial charge in [0.1, 0.15) is 17.4 Å². The van der Waals surface area contributed by atoms with Crippen LogP contribution in [0.25, 0.3) is 11.3 Å². The third-order valence-corrected chi connectivity index (χ3v) is 2.89. The first kappa shape index (κ1) is 14.4. The van der Waals surface area contributed by atoms with Gasteiger partial charge in [0.15, 0.2) is 0 Å². The highest BCUT2D eigenvalue weighted by atomic mass is 16.5. The van der Waals surface area contributed by atoms with Gasteiger partial charge in [0.25, 0.3) is 5.56 Å². The number of rotatable bonds is 4. The van der Waals surface area contributed by atoms with Gasteiger partial charge in [0.2, 0.25) is 0 Å². The Bertz CT molecular complexity index is 794. The summed E-state index contributed by atoms with van der Waals surface area (Å²) in [5.74, 6) is 0.594. The Hall–Kier alpha value is -3.05. The van der Waals surface area contributed by atoms with E-state index in [0.29, 0.717) is 29.2 Å². The van der Waals surface area contributed by atoms with E-state index < -0.39 is 5.56 Å². The molecule has 104 valence electrons. The van der Waals surface area contributed by atoms with Crippen molar-refractivity contribution in [3.8, 4) is 29.1 Å². The lowest BCUT2D eigenvalue weighted by Gasteiger charge is -2.11. The van der Waals surface area contributed by atoms with Gasteiger partial charge in [-0.2, -0.15) is 10.5 Å². The van der Waals surface area contributed by atoms with Gasteiger partial charge in [-0.25, -0.2) is 0 Å². The maximum absolute atomic E-state index is 11.7. The highest BCUT2D eigenvalue weighted by Crippen LogP contribution is 2.29. The van der Waals surface area contributed by atoms with Crippen LogP contribution < -0.4 is 10.3 Å². The number of nitriles is 2. The molecule has 0 fully saturated rings. The normalized spacial score (nSPS) is 9.67. The summed E-state index contributed by atoms with van der Waals surface area (Å²) >= 11 is 0. The summed E-state index contributed by atoms with van der Waals surface area (Å²) in [6.07, 6.45) is 0.851. The fraction of sp³-hybridized carbons (Fsp3) is 0.188. The number of H-pyrrole nitrogens is 1. The minimum atomic E-state index is -0.459. The summed E-state index contributed by atoms with van der Waals surface area (Å²) in [7, 11) is 0. The fourth-order valence-corrected chi connectivity index (χ4v) is 1.87. The molecule has 0 unspecified atom stereocenters. The maximum atomic E-state index is 11.7. The molecule has 1 aromatic carbocycles. The highest BCUT2D eigenvalue weighted by molar-refractivity contribution is 5.69. The number of pyridine rings is 1. The van der Waals surface area contributed by atoms with E-state index in [2.05, 4.69) is 11.1 Å². The Kier molecular flexibility index (Phi) is 4.38. The lowest BCUT2D eigenvalue weighted by atomic mass is 10.1. The van der Waals surface area contributed by atoms with E-state index in [4.69, 9.17) is 15.3 Å². The van der Waals surface area contributed by atoms with E-state index in [1.54, 1.807) is 24.3 Å². The van der Waals surface area contributed by atoms with Crippen molar-refractivity contribution in [1.82, 2.24) is 4.98 Å². The number of aromatic amines is 1. The standard InChI is InChI=1S/C16H13N3O2/c1-2-7-21-15-6-3-11(9-17)8-13(15)14-5-4-12(10-18)16(20)19-14/h3-6,8H,2,7H2,1H3,(H,19,20). The number of nitrogens with zero attached hydrogens (tertiary/aromatic N) is 2. The second-order valence-corrected chi connectivity index (χ2v) is 4.40. The summed E-state index contributed by atoms with van der Waals surface area (Å²) < 4.78 is 5.64. The van der Waals surface area contributed by atoms with Crippen LogP contribution in [0.4, 0.5) is 0 Å². The van der Waals surface area contributed by atoms with E-state index in [-0.39, 0.29) is 5.56 Å². The molecule has 0 spiro atoms. The molecule has 5 nitrogen and oxygen atoms in total. The van der Waals surface area contributed by atoms with Crippen molar-refractivity contribution in [2.75, 3.05) is 6.61 Å². The largest absolute Gasteiger partial charge is 0.493 e. The molecule has 0 aliphatic carbocycles. The molecule has 0 saturated heterocycles. The van der Waals surface area contributed by atoms with Crippen molar-refractivity contribution in [1.29, 1.82) is 10.5 Å². The molecule has 0 atom stereocenters. The molecule has 1 heterocycles. The van der Waals surface area contributed by atoms with E-state index in [9.17, 15) is 4.79 Å². The predicted octanol–water partition coefficient (Wildman–Crippen LogP) is 2.57. The van der Waals surface area contributed by atoms with E-state index in [1.165, 1.54) is 6.07 Å². The average Bonchev–Trinajstić information content (AvgIpc) is 2.52. The molecule has 0 radical (unpaired) electrons. The highest BCUT2D eigenvalue weighted by Gasteiger charge is 2.10. The van der Waals surface area contributed by atoms with Crippen molar-refractivity contribution in [3.05, 3.63) is 51.8 Å². The summed E-state index contributed by atoms with van der Waals surface area (Å²) in [4.78, 5) is 14.4. The van der Waals surface area contributed by atoms with Crippen LogP contribution in [0.5, 0.6) is 5.75 Å². The molecular weight excluding hydrogens is 266 g/mol. The van der Waals surface area contributed by atoms with Gasteiger partial charge in [0, 0.05) is 5.56 Å². The van der Waals surface area contributed by atoms with Crippen LogP contribution in [0.1, 0.15) is 24.5 Å². The van der Waals surface area contributed by atoms with Crippen LogP contribution in [0.2, 0.25) is 0 Å². The predicted molar refractivity (Wildman–Crippen MR) is 77.7 cm³/mol. The summed E-state index contributed by atoms with van der Waals surface area (Å²) in [5.41, 5.74) is 1.20. The number of ether oxygens (including phenoxy) is 1. The van der Waals surface area contributed by atoms with Crippen molar-refractivity contribution in [2.45, 2.75) is 13.3 Å². The number of nitrogens with one attached hydrogen (secondary N) is 1. The minimum Gasteiger partial charge on any atom is -0.493 e. The summed E-state index contributed by atoms with van der Waals surface area (Å²) in [6.45, 7) is 2.53. The summed E-state index contributed by atoms with van der Waals surface area (Å²) in [5, 5.41) is 17.8. The first-order chi connectivity index (χ1) is 10.2. The molecule has 0 saturated carbocycles. The molecule has 5 heteroatoms. The third kappa shape index (κ3) is 3.10. The van der Waals surface area contributed by atoms with Crippen LogP contribution in [-0.2, 0) is 0 Å². The molecule has 1 N–H and O–H groups in total.